The van der Waals surface area contributed by atoms with Crippen molar-refractivity contribution in [2.75, 3.05) is 0 Å². The van der Waals surface area contributed by atoms with Gasteiger partial charge in [-0.1, -0.05) is 182 Å². The molecule has 0 bridgehead atoms. The Balaban J connectivity index is 1.53. The topological polar surface area (TPSA) is 46.2 Å². The molecular weight excluding hydrogens is 849 g/mol. The normalized spacial score (nSPS) is 12.5. The van der Waals surface area contributed by atoms with E-state index in [1.165, 1.54) is 0 Å². The van der Waals surface area contributed by atoms with E-state index in [4.69, 9.17) is 39.8 Å². The zero-order valence-electron chi connectivity index (χ0n) is 35.7. The molecule has 0 heterocycles. The first-order chi connectivity index (χ1) is 29.3. The van der Waals surface area contributed by atoms with Gasteiger partial charge in [-0.15, -0.1) is 37.0 Å². The van der Waals surface area contributed by atoms with E-state index >= 15 is 0 Å². The predicted octanol–water partition coefficient (Wildman–Crippen LogP) is 7.22. The minimum Gasteiger partial charge on any atom is -0.428 e. The zero-order chi connectivity index (χ0) is 43.5. The van der Waals surface area contributed by atoms with Gasteiger partial charge in [0.15, 0.2) is 0 Å². The molecule has 0 aliphatic heterocycles. The highest BCUT2D eigenvalue weighted by atomic mass is 28.5. The monoisotopic (exact) mass is 902 g/mol. The molecule has 0 aliphatic rings. The first-order valence-electron chi connectivity index (χ1n) is 20.5. The van der Waals surface area contributed by atoms with E-state index in [1.807, 2.05) is 116 Å². The molecule has 0 aliphatic carbocycles. The lowest BCUT2D eigenvalue weighted by atomic mass is 10.4. The maximum absolute atomic E-state index is 7.83. The summed E-state index contributed by atoms with van der Waals surface area (Å²) in [5, 5.41) is 6.28. The van der Waals surface area contributed by atoms with Crippen molar-refractivity contribution < 1.29 is 20.6 Å². The van der Waals surface area contributed by atoms with Crippen LogP contribution in [0.1, 0.15) is 0 Å². The van der Waals surface area contributed by atoms with Gasteiger partial charge in [0.2, 0.25) is 0 Å². The van der Waals surface area contributed by atoms with E-state index in [1.54, 1.807) is 0 Å². The highest BCUT2D eigenvalue weighted by Gasteiger charge is 2.57. The van der Waals surface area contributed by atoms with Gasteiger partial charge >= 0.3 is 25.9 Å². The summed E-state index contributed by atoms with van der Waals surface area (Å²) in [5.74, 6) is 9.04. The fraction of sp³-hybridized carbons (Fsp3) is 0.160. The minimum atomic E-state index is -3.93. The summed E-state index contributed by atoms with van der Waals surface area (Å²) in [5.41, 5.74) is 0. The first-order valence-corrected chi connectivity index (χ1v) is 34.7. The van der Waals surface area contributed by atoms with Gasteiger partial charge in [0, 0.05) is 24.7 Å². The fourth-order valence-electron chi connectivity index (χ4n) is 8.40. The molecule has 0 N–H and O–H groups in total. The average Bonchev–Trinajstić information content (AvgIpc) is 3.27. The summed E-state index contributed by atoms with van der Waals surface area (Å²) >= 11 is 0. The second-order valence-electron chi connectivity index (χ2n) is 16.0. The van der Waals surface area contributed by atoms with Crippen LogP contribution in [-0.4, -0.2) is 50.9 Å². The van der Waals surface area contributed by atoms with Crippen molar-refractivity contribution >= 4 is 82.0 Å². The van der Waals surface area contributed by atoms with Crippen LogP contribution in [0.5, 0.6) is 0 Å². The largest absolute Gasteiger partial charge is 0.469 e. The SMILES string of the molecule is C#CC[Si](O[Si](C)(C)O[Si](C)(O[Si](C)(C)O[Si](CC#C)(c1ccccc1)c1ccccc1)O[Si](CC#C)(c1ccccc1)c1ccccc1)(c1ccccc1)c1ccccc1. The fourth-order valence-corrected chi connectivity index (χ4v) is 38.7. The second-order valence-corrected chi connectivity index (χ2v) is 36.9. The molecule has 0 unspecified atom stereocenters. The van der Waals surface area contributed by atoms with Crippen LogP contribution in [0.15, 0.2) is 182 Å². The van der Waals surface area contributed by atoms with Crippen LogP contribution < -0.4 is 31.1 Å². The predicted molar refractivity (Wildman–Crippen MR) is 267 cm³/mol. The Labute approximate surface area is 370 Å². The third-order valence-corrected chi connectivity index (χ3v) is 36.8. The molecule has 0 radical (unpaired) electrons. The Morgan fingerprint density at radius 2 is 0.508 bits per heavy atom. The van der Waals surface area contributed by atoms with Gasteiger partial charge < -0.3 is 20.6 Å². The summed E-state index contributed by atoms with van der Waals surface area (Å²) in [6.45, 7) is 10.3. The lowest BCUT2D eigenvalue weighted by Crippen LogP contribution is -2.73. The number of hydrogen-bond acceptors (Lipinski definition) is 5. The Kier molecular flexibility index (Phi) is 14.9. The van der Waals surface area contributed by atoms with Gasteiger partial charge in [0.25, 0.3) is 25.0 Å². The molecular formula is C50H54O5Si6. The first kappa shape index (κ1) is 45.6. The molecule has 0 spiro atoms. The van der Waals surface area contributed by atoms with Crippen molar-refractivity contribution in [3.63, 3.8) is 0 Å². The Morgan fingerprint density at radius 1 is 0.311 bits per heavy atom. The maximum Gasteiger partial charge on any atom is 0.469 e. The van der Waals surface area contributed by atoms with Crippen LogP contribution in [0.25, 0.3) is 0 Å². The molecule has 308 valence electrons. The van der Waals surface area contributed by atoms with Crippen molar-refractivity contribution in [3.8, 4) is 37.0 Å². The van der Waals surface area contributed by atoms with Crippen molar-refractivity contribution in [2.45, 2.75) is 50.9 Å². The van der Waals surface area contributed by atoms with E-state index < -0.39 is 50.9 Å². The number of benzene rings is 6. The average molecular weight is 903 g/mol. The van der Waals surface area contributed by atoms with Gasteiger partial charge in [0.05, 0.1) is 0 Å². The molecule has 0 saturated carbocycles. The van der Waals surface area contributed by atoms with Crippen LogP contribution in [0, 0.1) is 37.0 Å². The van der Waals surface area contributed by atoms with E-state index in [0.29, 0.717) is 18.1 Å². The summed E-state index contributed by atoms with van der Waals surface area (Å²) in [6.07, 6.45) is 18.8. The van der Waals surface area contributed by atoms with Crippen molar-refractivity contribution in [3.05, 3.63) is 182 Å². The van der Waals surface area contributed by atoms with Crippen LogP contribution in [-0.2, 0) is 20.6 Å². The van der Waals surface area contributed by atoms with E-state index in [9.17, 15) is 0 Å². The van der Waals surface area contributed by atoms with Crippen LogP contribution >= 0.6 is 0 Å². The smallest absolute Gasteiger partial charge is 0.428 e. The maximum atomic E-state index is 7.83. The molecule has 0 atom stereocenters. The van der Waals surface area contributed by atoms with Crippen molar-refractivity contribution in [1.29, 1.82) is 0 Å². The van der Waals surface area contributed by atoms with Crippen molar-refractivity contribution in [1.82, 2.24) is 0 Å². The summed E-state index contributed by atoms with van der Waals surface area (Å²) < 4.78 is 38.3. The summed E-state index contributed by atoms with van der Waals surface area (Å²) in [6, 6.07) is 63.0. The van der Waals surface area contributed by atoms with E-state index in [2.05, 4.69) is 117 Å². The van der Waals surface area contributed by atoms with Crippen molar-refractivity contribution in [2.24, 2.45) is 0 Å². The Morgan fingerprint density at radius 3 is 0.705 bits per heavy atom. The molecule has 61 heavy (non-hydrogen) atoms. The van der Waals surface area contributed by atoms with Crippen LogP contribution in [0.4, 0.5) is 0 Å². The molecule has 0 amide bonds. The molecule has 6 rings (SSSR count). The van der Waals surface area contributed by atoms with E-state index in [-0.39, 0.29) is 0 Å². The van der Waals surface area contributed by atoms with Gasteiger partial charge in [0.1, 0.15) is 0 Å². The summed E-state index contributed by atoms with van der Waals surface area (Å²) in [4.78, 5) is 0. The molecule has 6 aromatic carbocycles. The number of terminal acetylenes is 3. The van der Waals surface area contributed by atoms with Crippen LogP contribution in [0.2, 0.25) is 50.9 Å². The quantitative estimate of drug-likeness (QED) is 0.0636. The van der Waals surface area contributed by atoms with Gasteiger partial charge in [-0.05, 0) is 57.3 Å². The number of hydrogen-bond donors (Lipinski definition) is 0. The highest BCUT2D eigenvalue weighted by molar-refractivity contribution is 7.06. The molecule has 0 saturated heterocycles. The lowest BCUT2D eigenvalue weighted by Gasteiger charge is -2.47. The zero-order valence-corrected chi connectivity index (χ0v) is 41.7. The summed E-state index contributed by atoms with van der Waals surface area (Å²) in [7, 11) is -20.1. The Bertz CT molecular complexity index is 2200. The second kappa shape index (κ2) is 19.9. The van der Waals surface area contributed by atoms with Gasteiger partial charge in [-0.25, -0.2) is 0 Å². The molecule has 6 aromatic rings. The molecule has 5 nitrogen and oxygen atoms in total. The Hall–Kier alpha value is -4.90. The third kappa shape index (κ3) is 10.6. The third-order valence-electron chi connectivity index (χ3n) is 10.6. The van der Waals surface area contributed by atoms with Gasteiger partial charge in [-0.3, -0.25) is 0 Å². The molecule has 0 fully saturated rings. The molecule has 0 aromatic heterocycles. The standard InChI is InChI=1S/C50H54O5Si6/c1-9-42-59(45-30-18-12-19-31-45,46-32-20-13-21-33-46)53-56(4,5)51-58(8,55-61(44-11-3,49-38-26-16-27-39-49)50-40-28-17-29-41-50)52-57(6,7)54-60(43-10-2,47-34-22-14-23-35-47)48-36-24-15-25-37-48/h1-3,12-41H,42-44H2,4-8H3. The van der Waals surface area contributed by atoms with Crippen LogP contribution in [0.3, 0.4) is 0 Å². The highest BCUT2D eigenvalue weighted by Crippen LogP contribution is 2.32. The number of rotatable bonds is 19. The van der Waals surface area contributed by atoms with E-state index in [0.717, 1.165) is 31.1 Å². The molecule has 11 heteroatoms. The van der Waals surface area contributed by atoms with Gasteiger partial charge in [-0.2, -0.15) is 0 Å². The lowest BCUT2D eigenvalue weighted by molar-refractivity contribution is 0.218. The minimum absolute atomic E-state index is 0.343.